The number of benzene rings is 2. The molecule has 0 aromatic heterocycles. The molecule has 2 unspecified atom stereocenters. The monoisotopic (exact) mass is 496 g/mol. The van der Waals surface area contributed by atoms with E-state index in [4.69, 9.17) is 14.2 Å². The number of nitrogens with zero attached hydrogens (tertiary/aromatic N) is 1. The van der Waals surface area contributed by atoms with Gasteiger partial charge in [-0.05, 0) is 44.0 Å². The number of phenolic OH excluding ortho intramolecular Hbond substituents is 1. The summed E-state index contributed by atoms with van der Waals surface area (Å²) < 4.78 is 16.0. The van der Waals surface area contributed by atoms with Gasteiger partial charge in [-0.15, -0.1) is 0 Å². The molecule has 0 fully saturated rings. The topological polar surface area (TPSA) is 137 Å². The molecule has 2 N–H and O–H groups in total. The van der Waals surface area contributed by atoms with Crippen molar-refractivity contribution in [3.05, 3.63) is 92.3 Å². The second kappa shape index (κ2) is 11.5. The average Bonchev–Trinajstić information content (AvgIpc) is 2.84. The first kappa shape index (κ1) is 26.4. The number of hydrogen-bond donors (Lipinski definition) is 2. The van der Waals surface area contributed by atoms with Crippen LogP contribution in [-0.4, -0.2) is 42.0 Å². The first-order chi connectivity index (χ1) is 17.1. The Morgan fingerprint density at radius 3 is 2.33 bits per heavy atom. The molecule has 0 radical (unpaired) electrons. The summed E-state index contributed by atoms with van der Waals surface area (Å²) in [6.07, 6.45) is -0.446. The van der Waals surface area contributed by atoms with Crippen LogP contribution >= 0.6 is 0 Å². The van der Waals surface area contributed by atoms with E-state index in [1.54, 1.807) is 51.1 Å². The quantitative estimate of drug-likeness (QED) is 0.229. The highest BCUT2D eigenvalue weighted by Gasteiger charge is 2.39. The number of non-ortho nitro benzene ring substituents is 1. The van der Waals surface area contributed by atoms with E-state index in [1.807, 2.05) is 0 Å². The lowest BCUT2D eigenvalue weighted by Crippen LogP contribution is -2.33. The zero-order valence-electron chi connectivity index (χ0n) is 20.4. The molecule has 190 valence electrons. The Bertz CT molecular complexity index is 1220. The van der Waals surface area contributed by atoms with Crippen LogP contribution in [0.5, 0.6) is 5.75 Å². The number of ether oxygens (including phenoxy) is 3. The van der Waals surface area contributed by atoms with E-state index in [0.29, 0.717) is 23.4 Å². The standard InChI is InChI=1S/C26H28N2O8/c1-15-22(25(30)35-13-12-18-8-10-21(29)11-9-18)24(19-6-5-7-20(14-19)28(32)33)23(16(2)27-15)26(31)36-17(3)34-4/h5-11,14,17,24,27,29H,12-13H2,1-4H3. The van der Waals surface area contributed by atoms with Crippen LogP contribution in [0.15, 0.2) is 71.1 Å². The van der Waals surface area contributed by atoms with Gasteiger partial charge in [0.1, 0.15) is 5.75 Å². The number of carbonyl (C=O) groups is 2. The number of nitrogens with one attached hydrogen (secondary N) is 1. The Balaban J connectivity index is 1.96. The number of nitro benzene ring substituents is 1. The lowest BCUT2D eigenvalue weighted by molar-refractivity contribution is -0.384. The molecule has 0 spiro atoms. The van der Waals surface area contributed by atoms with E-state index in [9.17, 15) is 24.8 Å². The van der Waals surface area contributed by atoms with Gasteiger partial charge in [0.05, 0.1) is 28.6 Å². The highest BCUT2D eigenvalue weighted by molar-refractivity contribution is 6.00. The van der Waals surface area contributed by atoms with Gasteiger partial charge in [0.2, 0.25) is 0 Å². The number of phenols is 1. The van der Waals surface area contributed by atoms with Crippen molar-refractivity contribution in [3.63, 3.8) is 0 Å². The molecular formula is C26H28N2O8. The van der Waals surface area contributed by atoms with Crippen molar-refractivity contribution >= 4 is 17.6 Å². The molecule has 0 saturated carbocycles. The fourth-order valence-corrected chi connectivity index (χ4v) is 3.95. The summed E-state index contributed by atoms with van der Waals surface area (Å²) in [5.74, 6) is -2.24. The van der Waals surface area contributed by atoms with Gasteiger partial charge < -0.3 is 24.6 Å². The third-order valence-corrected chi connectivity index (χ3v) is 5.78. The SMILES string of the molecule is COC(C)OC(=O)C1=C(C)NC(C)=C(C(=O)OCCc2ccc(O)cc2)C1c1cccc([N+](=O)[O-])c1. The highest BCUT2D eigenvalue weighted by Crippen LogP contribution is 2.40. The van der Waals surface area contributed by atoms with Crippen molar-refractivity contribution < 1.29 is 33.8 Å². The zero-order valence-corrected chi connectivity index (χ0v) is 20.4. The summed E-state index contributed by atoms with van der Waals surface area (Å²) in [7, 11) is 1.39. The van der Waals surface area contributed by atoms with Crippen LogP contribution < -0.4 is 5.32 Å². The van der Waals surface area contributed by atoms with Crippen LogP contribution in [-0.2, 0) is 30.2 Å². The normalized spacial score (nSPS) is 16.3. The smallest absolute Gasteiger partial charge is 0.339 e. The summed E-state index contributed by atoms with van der Waals surface area (Å²) in [6.45, 7) is 4.93. The summed E-state index contributed by atoms with van der Waals surface area (Å²) in [6, 6.07) is 12.3. The predicted molar refractivity (Wildman–Crippen MR) is 130 cm³/mol. The molecule has 0 aliphatic carbocycles. The first-order valence-corrected chi connectivity index (χ1v) is 11.2. The van der Waals surface area contributed by atoms with Crippen molar-refractivity contribution in [2.24, 2.45) is 0 Å². The number of nitro groups is 1. The largest absolute Gasteiger partial charge is 0.508 e. The van der Waals surface area contributed by atoms with Gasteiger partial charge in [-0.25, -0.2) is 9.59 Å². The van der Waals surface area contributed by atoms with Gasteiger partial charge in [0, 0.05) is 37.1 Å². The van der Waals surface area contributed by atoms with Gasteiger partial charge in [-0.3, -0.25) is 10.1 Å². The van der Waals surface area contributed by atoms with Crippen molar-refractivity contribution in [2.75, 3.05) is 13.7 Å². The molecule has 0 bridgehead atoms. The number of hydrogen-bond acceptors (Lipinski definition) is 9. The minimum Gasteiger partial charge on any atom is -0.508 e. The van der Waals surface area contributed by atoms with Crippen molar-refractivity contribution in [1.82, 2.24) is 5.32 Å². The molecular weight excluding hydrogens is 468 g/mol. The fourth-order valence-electron chi connectivity index (χ4n) is 3.95. The summed E-state index contributed by atoms with van der Waals surface area (Å²) in [5, 5.41) is 23.9. The minimum atomic E-state index is -0.969. The molecule has 1 aliphatic heterocycles. The van der Waals surface area contributed by atoms with E-state index in [-0.39, 0.29) is 29.2 Å². The maximum absolute atomic E-state index is 13.3. The molecule has 36 heavy (non-hydrogen) atoms. The lowest BCUT2D eigenvalue weighted by atomic mass is 9.80. The van der Waals surface area contributed by atoms with Crippen molar-refractivity contribution in [2.45, 2.75) is 39.4 Å². The molecule has 2 atom stereocenters. The van der Waals surface area contributed by atoms with Crippen LogP contribution in [0.3, 0.4) is 0 Å². The summed E-state index contributed by atoms with van der Waals surface area (Å²) >= 11 is 0. The molecule has 10 nitrogen and oxygen atoms in total. The number of allylic oxidation sites excluding steroid dienone is 2. The Morgan fingerprint density at radius 2 is 1.72 bits per heavy atom. The molecule has 1 heterocycles. The number of carbonyl (C=O) groups excluding carboxylic acids is 2. The van der Waals surface area contributed by atoms with Crippen LogP contribution in [0.1, 0.15) is 37.8 Å². The Kier molecular flexibility index (Phi) is 8.44. The molecule has 0 saturated heterocycles. The average molecular weight is 497 g/mol. The minimum absolute atomic E-state index is 0.0469. The van der Waals surface area contributed by atoms with Crippen molar-refractivity contribution in [1.29, 1.82) is 0 Å². The first-order valence-electron chi connectivity index (χ1n) is 11.2. The number of rotatable bonds is 9. The Labute approximate surface area is 208 Å². The zero-order chi connectivity index (χ0) is 26.4. The van der Waals surface area contributed by atoms with Crippen LogP contribution in [0.25, 0.3) is 0 Å². The van der Waals surface area contributed by atoms with E-state index < -0.39 is 29.1 Å². The molecule has 2 aromatic carbocycles. The molecule has 2 aromatic rings. The molecule has 1 aliphatic rings. The third kappa shape index (κ3) is 6.08. The number of esters is 2. The van der Waals surface area contributed by atoms with Crippen LogP contribution in [0.2, 0.25) is 0 Å². The fraction of sp³-hybridized carbons (Fsp3) is 0.308. The van der Waals surface area contributed by atoms with E-state index in [2.05, 4.69) is 5.32 Å². The van der Waals surface area contributed by atoms with E-state index in [0.717, 1.165) is 5.56 Å². The van der Waals surface area contributed by atoms with Gasteiger partial charge in [0.15, 0.2) is 6.29 Å². The predicted octanol–water partition coefficient (Wildman–Crippen LogP) is 3.86. The molecule has 3 rings (SSSR count). The van der Waals surface area contributed by atoms with Crippen LogP contribution in [0.4, 0.5) is 5.69 Å². The Morgan fingerprint density at radius 1 is 1.08 bits per heavy atom. The second-order valence-electron chi connectivity index (χ2n) is 8.25. The maximum Gasteiger partial charge on any atom is 0.339 e. The summed E-state index contributed by atoms with van der Waals surface area (Å²) in [4.78, 5) is 37.4. The number of dihydropyridines is 1. The van der Waals surface area contributed by atoms with Gasteiger partial charge in [0.25, 0.3) is 5.69 Å². The molecule has 0 amide bonds. The van der Waals surface area contributed by atoms with E-state index in [1.165, 1.54) is 25.3 Å². The molecule has 10 heteroatoms. The second-order valence-corrected chi connectivity index (χ2v) is 8.25. The van der Waals surface area contributed by atoms with Gasteiger partial charge in [-0.1, -0.05) is 24.3 Å². The maximum atomic E-state index is 13.3. The summed E-state index contributed by atoms with van der Waals surface area (Å²) in [5.41, 5.74) is 2.20. The van der Waals surface area contributed by atoms with E-state index >= 15 is 0 Å². The van der Waals surface area contributed by atoms with Gasteiger partial charge >= 0.3 is 11.9 Å². The highest BCUT2D eigenvalue weighted by atomic mass is 16.7. The van der Waals surface area contributed by atoms with Crippen molar-refractivity contribution in [3.8, 4) is 5.75 Å². The number of methoxy groups -OCH3 is 1. The Hall–Kier alpha value is -4.18. The van der Waals surface area contributed by atoms with Crippen LogP contribution in [0, 0.1) is 10.1 Å². The lowest BCUT2D eigenvalue weighted by Gasteiger charge is -2.31. The van der Waals surface area contributed by atoms with Gasteiger partial charge in [-0.2, -0.15) is 0 Å². The number of aromatic hydroxyl groups is 1. The third-order valence-electron chi connectivity index (χ3n) is 5.78.